The number of hydrogen-bond donors (Lipinski definition) is 0. The monoisotopic (exact) mass is 135 g/mol. The number of nitrogens with zero attached hydrogens (tertiary/aromatic N) is 2. The predicted octanol–water partition coefficient (Wildman–Crippen LogP) is 1.26. The number of anilines is 1. The molecule has 1 aromatic heterocycles. The second kappa shape index (κ2) is 2.69. The van der Waals surface area contributed by atoms with Crippen molar-refractivity contribution >= 4 is 5.69 Å². The van der Waals surface area contributed by atoms with Gasteiger partial charge in [0.1, 0.15) is 6.20 Å². The molecule has 0 amide bonds. The maximum Gasteiger partial charge on any atom is 0.114 e. The predicted molar refractivity (Wildman–Crippen MR) is 42.1 cm³/mol. The van der Waals surface area contributed by atoms with E-state index in [-0.39, 0.29) is 0 Å². The third-order valence-electron chi connectivity index (χ3n) is 1.39. The van der Waals surface area contributed by atoms with Crippen LogP contribution in [0, 0.1) is 13.1 Å². The van der Waals surface area contributed by atoms with E-state index >= 15 is 0 Å². The SMILES string of the molecule is Cc1ccn[c]c1N(C)C. The van der Waals surface area contributed by atoms with Crippen molar-refractivity contribution in [3.05, 3.63) is 24.0 Å². The fourth-order valence-corrected chi connectivity index (χ4v) is 0.867. The van der Waals surface area contributed by atoms with E-state index < -0.39 is 0 Å². The van der Waals surface area contributed by atoms with Crippen molar-refractivity contribution in [2.24, 2.45) is 0 Å². The molecule has 2 heteroatoms. The standard InChI is InChI=1S/C8H11N2/c1-7-4-5-9-6-8(7)10(2)3/h4-5H,1-3H3. The summed E-state index contributed by atoms with van der Waals surface area (Å²) in [5, 5.41) is 0. The summed E-state index contributed by atoms with van der Waals surface area (Å²) in [6.45, 7) is 2.05. The Bertz CT molecular complexity index is 218. The highest BCUT2D eigenvalue weighted by Gasteiger charge is 1.97. The van der Waals surface area contributed by atoms with Gasteiger partial charge >= 0.3 is 0 Å². The van der Waals surface area contributed by atoms with E-state index in [1.165, 1.54) is 5.56 Å². The van der Waals surface area contributed by atoms with Gasteiger partial charge in [-0.25, -0.2) is 0 Å². The average Bonchev–Trinajstić information content (AvgIpc) is 1.88. The fourth-order valence-electron chi connectivity index (χ4n) is 0.867. The maximum absolute atomic E-state index is 3.90. The second-order valence-corrected chi connectivity index (χ2v) is 2.48. The van der Waals surface area contributed by atoms with E-state index in [0.29, 0.717) is 0 Å². The summed E-state index contributed by atoms with van der Waals surface area (Å²) in [4.78, 5) is 5.90. The molecule has 0 bridgehead atoms. The summed E-state index contributed by atoms with van der Waals surface area (Å²) in [6.07, 6.45) is 4.66. The normalized spacial score (nSPS) is 9.50. The molecule has 0 aromatic carbocycles. The highest BCUT2D eigenvalue weighted by atomic mass is 15.1. The van der Waals surface area contributed by atoms with Gasteiger partial charge in [0.25, 0.3) is 0 Å². The van der Waals surface area contributed by atoms with Crippen LogP contribution in [0.1, 0.15) is 5.56 Å². The molecule has 0 fully saturated rings. The molecule has 2 nitrogen and oxygen atoms in total. The first-order chi connectivity index (χ1) is 4.72. The van der Waals surface area contributed by atoms with Crippen molar-refractivity contribution in [2.75, 3.05) is 19.0 Å². The molecule has 0 spiro atoms. The van der Waals surface area contributed by atoms with Crippen molar-refractivity contribution in [3.63, 3.8) is 0 Å². The Balaban J connectivity index is 3.03. The van der Waals surface area contributed by atoms with Gasteiger partial charge in [0.15, 0.2) is 0 Å². The van der Waals surface area contributed by atoms with Crippen LogP contribution in [0.3, 0.4) is 0 Å². The van der Waals surface area contributed by atoms with Crippen LogP contribution >= 0.6 is 0 Å². The summed E-state index contributed by atoms with van der Waals surface area (Å²) < 4.78 is 0. The lowest BCUT2D eigenvalue weighted by Gasteiger charge is -2.12. The first-order valence-electron chi connectivity index (χ1n) is 3.22. The van der Waals surface area contributed by atoms with Gasteiger partial charge in [-0.05, 0) is 18.6 Å². The lowest BCUT2D eigenvalue weighted by atomic mass is 10.2. The fraction of sp³-hybridized carbons (Fsp3) is 0.375. The van der Waals surface area contributed by atoms with Crippen LogP contribution in [0.25, 0.3) is 0 Å². The summed E-state index contributed by atoms with van der Waals surface area (Å²) in [6, 6.07) is 1.98. The lowest BCUT2D eigenvalue weighted by Crippen LogP contribution is -2.10. The molecule has 0 saturated carbocycles. The molecule has 1 aromatic rings. The molecule has 0 aliphatic carbocycles. The van der Waals surface area contributed by atoms with Crippen molar-refractivity contribution in [3.8, 4) is 0 Å². The summed E-state index contributed by atoms with van der Waals surface area (Å²) in [7, 11) is 3.97. The molecular weight excluding hydrogens is 124 g/mol. The summed E-state index contributed by atoms with van der Waals surface area (Å²) >= 11 is 0. The minimum absolute atomic E-state index is 1.06. The summed E-state index contributed by atoms with van der Waals surface area (Å²) in [5.74, 6) is 0. The Morgan fingerprint density at radius 2 is 2.20 bits per heavy atom. The van der Waals surface area contributed by atoms with Crippen molar-refractivity contribution in [2.45, 2.75) is 6.92 Å². The van der Waals surface area contributed by atoms with Gasteiger partial charge in [0, 0.05) is 20.3 Å². The minimum Gasteiger partial charge on any atom is -0.376 e. The molecular formula is C8H11N2. The second-order valence-electron chi connectivity index (χ2n) is 2.48. The molecule has 0 saturated heterocycles. The van der Waals surface area contributed by atoms with Crippen LogP contribution in [0.15, 0.2) is 12.3 Å². The molecule has 0 unspecified atom stereocenters. The Hall–Kier alpha value is -1.05. The van der Waals surface area contributed by atoms with Gasteiger partial charge in [-0.1, -0.05) is 0 Å². The number of aromatic nitrogens is 1. The number of pyridine rings is 1. The number of hydrogen-bond acceptors (Lipinski definition) is 2. The zero-order valence-corrected chi connectivity index (χ0v) is 6.55. The average molecular weight is 135 g/mol. The zero-order chi connectivity index (χ0) is 7.56. The van der Waals surface area contributed by atoms with Crippen LogP contribution in [0.2, 0.25) is 0 Å². The van der Waals surface area contributed by atoms with Gasteiger partial charge in [0.05, 0.1) is 5.69 Å². The van der Waals surface area contributed by atoms with Crippen LogP contribution < -0.4 is 4.90 Å². The van der Waals surface area contributed by atoms with Crippen molar-refractivity contribution in [1.82, 2.24) is 4.98 Å². The Kier molecular flexibility index (Phi) is 1.90. The van der Waals surface area contributed by atoms with Gasteiger partial charge in [0.2, 0.25) is 0 Å². The molecule has 0 atom stereocenters. The Morgan fingerprint density at radius 1 is 1.50 bits per heavy atom. The third-order valence-corrected chi connectivity index (χ3v) is 1.39. The highest BCUT2D eigenvalue weighted by molar-refractivity contribution is 5.48. The molecule has 0 aliphatic rings. The maximum atomic E-state index is 3.90. The minimum atomic E-state index is 1.06. The van der Waals surface area contributed by atoms with Crippen LogP contribution in [-0.4, -0.2) is 19.1 Å². The first-order valence-corrected chi connectivity index (χ1v) is 3.22. The van der Waals surface area contributed by atoms with Crippen molar-refractivity contribution in [1.29, 1.82) is 0 Å². The van der Waals surface area contributed by atoms with Gasteiger partial charge in [-0.15, -0.1) is 0 Å². The largest absolute Gasteiger partial charge is 0.376 e. The Labute approximate surface area is 61.5 Å². The van der Waals surface area contributed by atoms with E-state index in [4.69, 9.17) is 0 Å². The molecule has 10 heavy (non-hydrogen) atoms. The van der Waals surface area contributed by atoms with E-state index in [1.807, 2.05) is 32.0 Å². The first kappa shape index (κ1) is 7.06. The molecule has 0 N–H and O–H groups in total. The third kappa shape index (κ3) is 1.26. The summed E-state index contributed by atoms with van der Waals surface area (Å²) in [5.41, 5.74) is 2.27. The zero-order valence-electron chi connectivity index (χ0n) is 6.55. The van der Waals surface area contributed by atoms with E-state index in [9.17, 15) is 0 Å². The van der Waals surface area contributed by atoms with Gasteiger partial charge in [-0.3, -0.25) is 4.98 Å². The van der Waals surface area contributed by atoms with Crippen LogP contribution in [0.5, 0.6) is 0 Å². The van der Waals surface area contributed by atoms with E-state index in [1.54, 1.807) is 6.20 Å². The molecule has 0 aliphatic heterocycles. The van der Waals surface area contributed by atoms with E-state index in [0.717, 1.165) is 5.69 Å². The van der Waals surface area contributed by atoms with E-state index in [2.05, 4.69) is 11.2 Å². The molecule has 53 valence electrons. The van der Waals surface area contributed by atoms with Crippen LogP contribution in [0.4, 0.5) is 5.69 Å². The number of aryl methyl sites for hydroxylation is 1. The smallest absolute Gasteiger partial charge is 0.114 e. The molecule has 1 heterocycles. The Morgan fingerprint density at radius 3 is 2.60 bits per heavy atom. The van der Waals surface area contributed by atoms with Crippen molar-refractivity contribution < 1.29 is 0 Å². The van der Waals surface area contributed by atoms with Gasteiger partial charge in [-0.2, -0.15) is 0 Å². The molecule has 1 rings (SSSR count). The lowest BCUT2D eigenvalue weighted by molar-refractivity contribution is 1.09. The highest BCUT2D eigenvalue weighted by Crippen LogP contribution is 2.12. The molecule has 1 radical (unpaired) electrons. The quantitative estimate of drug-likeness (QED) is 0.576. The number of rotatable bonds is 1. The van der Waals surface area contributed by atoms with Crippen LogP contribution in [-0.2, 0) is 0 Å². The topological polar surface area (TPSA) is 16.1 Å². The van der Waals surface area contributed by atoms with Gasteiger partial charge < -0.3 is 4.90 Å².